The summed E-state index contributed by atoms with van der Waals surface area (Å²) in [5.74, 6) is 1.67. The standard InChI is InChI=1S/C24H26N8O2/c1-2-17(33)31-11-5-6-15(12-31)32-24-19(23(25)27-13-28-24)20(29-32)21-18(16-7-3-4-10-26-16)22(34-30-21)14-8-9-14/h3-4,7,10,13-15H,2,5-6,8-9,11-12H2,1H3,(H2,25,27,28)/t15-/m1/s1. The highest BCUT2D eigenvalue weighted by Gasteiger charge is 2.36. The van der Waals surface area contributed by atoms with Crippen LogP contribution < -0.4 is 5.73 Å². The Morgan fingerprint density at radius 2 is 2.06 bits per heavy atom. The molecule has 1 aliphatic carbocycles. The Bertz CT molecular complexity index is 1360. The zero-order valence-electron chi connectivity index (χ0n) is 19.0. The lowest BCUT2D eigenvalue weighted by Crippen LogP contribution is -2.40. The van der Waals surface area contributed by atoms with Gasteiger partial charge in [-0.15, -0.1) is 0 Å². The van der Waals surface area contributed by atoms with Crippen LogP contribution in [0.2, 0.25) is 0 Å². The minimum absolute atomic E-state index is 0.0112. The predicted octanol–water partition coefficient (Wildman–Crippen LogP) is 3.58. The van der Waals surface area contributed by atoms with Crippen LogP contribution in [0.5, 0.6) is 0 Å². The summed E-state index contributed by atoms with van der Waals surface area (Å²) in [6.45, 7) is 3.25. The predicted molar refractivity (Wildman–Crippen MR) is 126 cm³/mol. The number of pyridine rings is 1. The number of aromatic nitrogens is 6. The summed E-state index contributed by atoms with van der Waals surface area (Å²) in [5, 5.41) is 10.1. The quantitative estimate of drug-likeness (QED) is 0.480. The number of nitrogen functional groups attached to an aromatic ring is 1. The van der Waals surface area contributed by atoms with Crippen LogP contribution in [0.1, 0.15) is 56.7 Å². The van der Waals surface area contributed by atoms with Gasteiger partial charge in [0.25, 0.3) is 0 Å². The fourth-order valence-corrected chi connectivity index (χ4v) is 4.87. The summed E-state index contributed by atoms with van der Waals surface area (Å²) in [4.78, 5) is 27.6. The van der Waals surface area contributed by atoms with Gasteiger partial charge in [-0.05, 0) is 37.8 Å². The van der Waals surface area contributed by atoms with E-state index >= 15 is 0 Å². The third kappa shape index (κ3) is 3.41. The maximum atomic E-state index is 12.4. The molecule has 4 aromatic heterocycles. The van der Waals surface area contributed by atoms with Gasteiger partial charge in [0.15, 0.2) is 5.65 Å². The van der Waals surface area contributed by atoms with E-state index in [1.54, 1.807) is 6.20 Å². The molecule has 1 atom stereocenters. The van der Waals surface area contributed by atoms with Crippen molar-refractivity contribution in [2.24, 2.45) is 0 Å². The Morgan fingerprint density at radius 3 is 2.82 bits per heavy atom. The van der Waals surface area contributed by atoms with Gasteiger partial charge in [0.2, 0.25) is 5.91 Å². The van der Waals surface area contributed by atoms with Crippen LogP contribution in [-0.4, -0.2) is 53.8 Å². The first-order chi connectivity index (χ1) is 16.7. The van der Waals surface area contributed by atoms with Crippen molar-refractivity contribution in [3.63, 3.8) is 0 Å². The lowest BCUT2D eigenvalue weighted by molar-refractivity contribution is -0.132. The van der Waals surface area contributed by atoms with Crippen molar-refractivity contribution in [3.05, 3.63) is 36.5 Å². The topological polar surface area (TPSA) is 129 Å². The van der Waals surface area contributed by atoms with E-state index in [-0.39, 0.29) is 11.9 Å². The second kappa shape index (κ2) is 8.19. The number of carbonyl (C=O) groups is 1. The maximum absolute atomic E-state index is 12.4. The molecule has 0 radical (unpaired) electrons. The molecular formula is C24H26N8O2. The van der Waals surface area contributed by atoms with Crippen molar-refractivity contribution < 1.29 is 9.32 Å². The highest BCUT2D eigenvalue weighted by molar-refractivity contribution is 6.00. The monoisotopic (exact) mass is 458 g/mol. The van der Waals surface area contributed by atoms with Gasteiger partial charge in [0, 0.05) is 31.6 Å². The van der Waals surface area contributed by atoms with Crippen LogP contribution in [-0.2, 0) is 4.79 Å². The average molecular weight is 459 g/mol. The third-order valence-electron chi connectivity index (χ3n) is 6.73. The highest BCUT2D eigenvalue weighted by atomic mass is 16.5. The number of likely N-dealkylation sites (tertiary alicyclic amines) is 1. The molecule has 1 aliphatic heterocycles. The summed E-state index contributed by atoms with van der Waals surface area (Å²) in [7, 11) is 0. The number of nitrogens with two attached hydrogens (primary N) is 1. The fourth-order valence-electron chi connectivity index (χ4n) is 4.87. The maximum Gasteiger partial charge on any atom is 0.222 e. The molecule has 174 valence electrons. The molecule has 1 saturated heterocycles. The van der Waals surface area contributed by atoms with Gasteiger partial charge < -0.3 is 15.2 Å². The first-order valence-electron chi connectivity index (χ1n) is 11.8. The van der Waals surface area contributed by atoms with Gasteiger partial charge in [0.1, 0.15) is 29.3 Å². The molecule has 2 aliphatic rings. The Labute approximate surface area is 196 Å². The second-order valence-electron chi connectivity index (χ2n) is 9.00. The van der Waals surface area contributed by atoms with Gasteiger partial charge in [-0.3, -0.25) is 9.78 Å². The first kappa shape index (κ1) is 20.8. The Balaban J connectivity index is 1.52. The Morgan fingerprint density at radius 1 is 1.18 bits per heavy atom. The van der Waals surface area contributed by atoms with Gasteiger partial charge in [-0.25, -0.2) is 14.6 Å². The minimum Gasteiger partial charge on any atom is -0.383 e. The molecule has 0 aromatic carbocycles. The number of fused-ring (bicyclic) bond motifs is 1. The number of hydrogen-bond acceptors (Lipinski definition) is 8. The fraction of sp³-hybridized carbons (Fsp3) is 0.417. The number of rotatable bonds is 5. The smallest absolute Gasteiger partial charge is 0.222 e. The van der Waals surface area contributed by atoms with Gasteiger partial charge >= 0.3 is 0 Å². The summed E-state index contributed by atoms with van der Waals surface area (Å²) in [6.07, 6.45) is 7.64. The number of carbonyl (C=O) groups excluding carboxylic acids is 1. The summed E-state index contributed by atoms with van der Waals surface area (Å²) in [6, 6.07) is 5.78. The van der Waals surface area contributed by atoms with Crippen LogP contribution in [0, 0.1) is 0 Å². The van der Waals surface area contributed by atoms with E-state index in [9.17, 15) is 4.79 Å². The zero-order chi connectivity index (χ0) is 23.2. The van der Waals surface area contributed by atoms with Crippen molar-refractivity contribution >= 4 is 22.8 Å². The van der Waals surface area contributed by atoms with Gasteiger partial charge in [-0.2, -0.15) is 5.10 Å². The highest BCUT2D eigenvalue weighted by Crippen LogP contribution is 2.48. The van der Waals surface area contributed by atoms with Crippen LogP contribution in [0.4, 0.5) is 5.82 Å². The van der Waals surface area contributed by atoms with E-state index in [2.05, 4.69) is 20.1 Å². The summed E-state index contributed by atoms with van der Waals surface area (Å²) < 4.78 is 7.76. The second-order valence-corrected chi connectivity index (χ2v) is 9.00. The van der Waals surface area contributed by atoms with Gasteiger partial charge in [-0.1, -0.05) is 18.1 Å². The van der Waals surface area contributed by atoms with Crippen LogP contribution in [0.15, 0.2) is 35.2 Å². The molecule has 5 heterocycles. The Hall–Kier alpha value is -3.82. The van der Waals surface area contributed by atoms with Crippen molar-refractivity contribution in [3.8, 4) is 22.6 Å². The molecule has 0 spiro atoms. The van der Waals surface area contributed by atoms with Crippen LogP contribution >= 0.6 is 0 Å². The molecule has 10 nitrogen and oxygen atoms in total. The first-order valence-corrected chi connectivity index (χ1v) is 11.8. The van der Waals surface area contributed by atoms with E-state index in [1.165, 1.54) is 6.33 Å². The lowest BCUT2D eigenvalue weighted by Gasteiger charge is -2.32. The molecule has 34 heavy (non-hydrogen) atoms. The lowest BCUT2D eigenvalue weighted by atomic mass is 10.0. The average Bonchev–Trinajstić information content (AvgIpc) is 3.50. The Kier molecular flexibility index (Phi) is 5.00. The molecule has 1 saturated carbocycles. The number of nitrogens with zero attached hydrogens (tertiary/aromatic N) is 7. The normalized spacial score (nSPS) is 18.5. The molecule has 10 heteroatoms. The molecule has 2 fully saturated rings. The van der Waals surface area contributed by atoms with E-state index < -0.39 is 0 Å². The van der Waals surface area contributed by atoms with E-state index in [0.717, 1.165) is 49.2 Å². The van der Waals surface area contributed by atoms with E-state index in [1.807, 2.05) is 34.7 Å². The van der Waals surface area contributed by atoms with Crippen molar-refractivity contribution in [1.29, 1.82) is 0 Å². The van der Waals surface area contributed by atoms with Crippen LogP contribution in [0.3, 0.4) is 0 Å². The molecule has 2 N–H and O–H groups in total. The summed E-state index contributed by atoms with van der Waals surface area (Å²) >= 11 is 0. The van der Waals surface area contributed by atoms with Crippen molar-refractivity contribution in [2.45, 2.75) is 51.0 Å². The number of piperidine rings is 1. The summed E-state index contributed by atoms with van der Waals surface area (Å²) in [5.41, 5.74) is 9.82. The molecule has 6 rings (SSSR count). The minimum atomic E-state index is -0.0112. The molecule has 0 unspecified atom stereocenters. The number of hydrogen-bond donors (Lipinski definition) is 1. The zero-order valence-corrected chi connectivity index (χ0v) is 19.0. The number of amides is 1. The molecule has 1 amide bonds. The van der Waals surface area contributed by atoms with Gasteiger partial charge in [0.05, 0.1) is 22.7 Å². The van der Waals surface area contributed by atoms with Crippen molar-refractivity contribution in [1.82, 2.24) is 34.8 Å². The molecular weight excluding hydrogens is 432 g/mol. The van der Waals surface area contributed by atoms with E-state index in [0.29, 0.717) is 47.1 Å². The van der Waals surface area contributed by atoms with E-state index in [4.69, 9.17) is 15.4 Å². The van der Waals surface area contributed by atoms with Crippen molar-refractivity contribution in [2.75, 3.05) is 18.8 Å². The molecule has 4 aromatic rings. The SMILES string of the molecule is CCC(=O)N1CCC[C@@H](n2nc(-c3noc(C4CC4)c3-c3ccccn3)c3c(N)ncnc32)C1. The number of anilines is 1. The molecule has 0 bridgehead atoms. The van der Waals surface area contributed by atoms with Crippen LogP contribution in [0.25, 0.3) is 33.7 Å². The third-order valence-corrected chi connectivity index (χ3v) is 6.73. The largest absolute Gasteiger partial charge is 0.383 e.